The molecule has 0 unspecified atom stereocenters. The molecule has 0 amide bonds. The average Bonchev–Trinajstić information content (AvgIpc) is 2.78. The van der Waals surface area contributed by atoms with Crippen molar-refractivity contribution in [2.75, 3.05) is 12.3 Å². The number of ether oxygens (including phenoxy) is 1. The zero-order chi connectivity index (χ0) is 12.1. The van der Waals surface area contributed by atoms with E-state index in [2.05, 4.69) is 15.0 Å². The smallest absolute Gasteiger partial charge is 0.156 e. The number of anilines is 1. The number of nitrogens with zero attached hydrogens (tertiary/aromatic N) is 3. The summed E-state index contributed by atoms with van der Waals surface area (Å²) in [7, 11) is 0. The second-order valence-electron chi connectivity index (χ2n) is 3.44. The SMILES string of the molecule is CCOCc1nc(N)cc(Cc2nccs2)n1. The molecule has 0 aliphatic carbocycles. The predicted octanol–water partition coefficient (Wildman–Crippen LogP) is 1.64. The van der Waals surface area contributed by atoms with Crippen LogP contribution < -0.4 is 5.73 Å². The molecule has 0 fully saturated rings. The number of hydrogen-bond acceptors (Lipinski definition) is 6. The fourth-order valence-corrected chi connectivity index (χ4v) is 2.05. The van der Waals surface area contributed by atoms with E-state index in [-0.39, 0.29) is 0 Å². The Hall–Kier alpha value is -1.53. The molecule has 2 rings (SSSR count). The zero-order valence-electron chi connectivity index (χ0n) is 9.59. The molecule has 0 saturated heterocycles. The molecule has 5 nitrogen and oxygen atoms in total. The van der Waals surface area contributed by atoms with Crippen molar-refractivity contribution < 1.29 is 4.74 Å². The van der Waals surface area contributed by atoms with Crippen molar-refractivity contribution in [3.05, 3.63) is 34.2 Å². The van der Waals surface area contributed by atoms with Crippen molar-refractivity contribution in [2.24, 2.45) is 0 Å². The van der Waals surface area contributed by atoms with Gasteiger partial charge in [-0.2, -0.15) is 0 Å². The zero-order valence-corrected chi connectivity index (χ0v) is 10.4. The Morgan fingerprint density at radius 2 is 2.29 bits per heavy atom. The van der Waals surface area contributed by atoms with E-state index >= 15 is 0 Å². The molecule has 2 N–H and O–H groups in total. The first-order chi connectivity index (χ1) is 8.28. The van der Waals surface area contributed by atoms with Crippen molar-refractivity contribution in [1.82, 2.24) is 15.0 Å². The number of hydrogen-bond donors (Lipinski definition) is 1. The maximum absolute atomic E-state index is 5.74. The Balaban J connectivity index is 2.13. The molecule has 0 aromatic carbocycles. The van der Waals surface area contributed by atoms with Gasteiger partial charge in [-0.25, -0.2) is 15.0 Å². The molecule has 17 heavy (non-hydrogen) atoms. The van der Waals surface area contributed by atoms with E-state index in [0.717, 1.165) is 10.7 Å². The van der Waals surface area contributed by atoms with Gasteiger partial charge < -0.3 is 10.5 Å². The van der Waals surface area contributed by atoms with E-state index in [9.17, 15) is 0 Å². The van der Waals surface area contributed by atoms with Gasteiger partial charge in [-0.15, -0.1) is 11.3 Å². The van der Waals surface area contributed by atoms with Gasteiger partial charge in [0.2, 0.25) is 0 Å². The van der Waals surface area contributed by atoms with E-state index < -0.39 is 0 Å². The van der Waals surface area contributed by atoms with Gasteiger partial charge in [-0.1, -0.05) is 0 Å². The first-order valence-electron chi connectivity index (χ1n) is 5.36. The molecular weight excluding hydrogens is 236 g/mol. The quantitative estimate of drug-likeness (QED) is 0.873. The lowest BCUT2D eigenvalue weighted by molar-refractivity contribution is 0.128. The Morgan fingerprint density at radius 1 is 1.41 bits per heavy atom. The number of nitrogens with two attached hydrogens (primary N) is 1. The summed E-state index contributed by atoms with van der Waals surface area (Å²) < 4.78 is 5.27. The highest BCUT2D eigenvalue weighted by Crippen LogP contribution is 2.12. The van der Waals surface area contributed by atoms with Crippen LogP contribution in [0, 0.1) is 0 Å². The van der Waals surface area contributed by atoms with Gasteiger partial charge in [0.05, 0.1) is 10.7 Å². The molecule has 2 aromatic rings. The average molecular weight is 250 g/mol. The highest BCUT2D eigenvalue weighted by atomic mass is 32.1. The van der Waals surface area contributed by atoms with Crippen LogP contribution in [0.1, 0.15) is 23.4 Å². The Morgan fingerprint density at radius 3 is 3.00 bits per heavy atom. The molecule has 0 aliphatic heterocycles. The number of aromatic nitrogens is 3. The molecule has 0 spiro atoms. The molecule has 0 atom stereocenters. The molecule has 6 heteroatoms. The third-order valence-corrected chi connectivity index (χ3v) is 2.88. The van der Waals surface area contributed by atoms with E-state index in [1.807, 2.05) is 12.3 Å². The lowest BCUT2D eigenvalue weighted by Crippen LogP contribution is -2.05. The van der Waals surface area contributed by atoms with Crippen LogP contribution >= 0.6 is 11.3 Å². The van der Waals surface area contributed by atoms with Crippen LogP contribution in [0.4, 0.5) is 5.82 Å². The van der Waals surface area contributed by atoms with Gasteiger partial charge in [-0.3, -0.25) is 0 Å². The van der Waals surface area contributed by atoms with Crippen molar-refractivity contribution in [3.63, 3.8) is 0 Å². The Bertz CT molecular complexity index is 472. The molecule has 2 heterocycles. The minimum Gasteiger partial charge on any atom is -0.384 e. The summed E-state index contributed by atoms with van der Waals surface area (Å²) >= 11 is 1.60. The highest BCUT2D eigenvalue weighted by Gasteiger charge is 2.05. The normalized spacial score (nSPS) is 10.6. The standard InChI is InChI=1S/C11H14N4OS/c1-2-16-7-10-14-8(5-9(12)15-10)6-11-13-3-4-17-11/h3-5H,2,6-7H2,1H3,(H2,12,14,15). The molecule has 0 aliphatic rings. The van der Waals surface area contributed by atoms with Crippen molar-refractivity contribution in [1.29, 1.82) is 0 Å². The van der Waals surface area contributed by atoms with E-state index in [1.54, 1.807) is 23.6 Å². The molecule has 90 valence electrons. The van der Waals surface area contributed by atoms with Crippen LogP contribution in [0.2, 0.25) is 0 Å². The fourth-order valence-electron chi connectivity index (χ4n) is 1.42. The fraction of sp³-hybridized carbons (Fsp3) is 0.364. The third-order valence-electron chi connectivity index (χ3n) is 2.10. The number of nitrogen functional groups attached to an aromatic ring is 1. The maximum atomic E-state index is 5.74. The monoisotopic (exact) mass is 250 g/mol. The van der Waals surface area contributed by atoms with Gasteiger partial charge in [0.15, 0.2) is 5.82 Å². The summed E-state index contributed by atoms with van der Waals surface area (Å²) in [6, 6.07) is 1.77. The number of rotatable bonds is 5. The van der Waals surface area contributed by atoms with E-state index in [1.165, 1.54) is 0 Å². The molecule has 0 saturated carbocycles. The molecule has 0 bridgehead atoms. The molecule has 2 aromatic heterocycles. The van der Waals surface area contributed by atoms with Crippen LogP contribution in [-0.2, 0) is 17.8 Å². The summed E-state index contributed by atoms with van der Waals surface area (Å²) in [4.78, 5) is 12.7. The minimum atomic E-state index is 0.395. The lowest BCUT2D eigenvalue weighted by Gasteiger charge is -2.04. The maximum Gasteiger partial charge on any atom is 0.156 e. The van der Waals surface area contributed by atoms with Crippen LogP contribution in [0.25, 0.3) is 0 Å². The second-order valence-corrected chi connectivity index (χ2v) is 4.42. The Kier molecular flexibility index (Phi) is 4.00. The third kappa shape index (κ3) is 3.47. The van der Waals surface area contributed by atoms with Crippen LogP contribution in [-0.4, -0.2) is 21.6 Å². The van der Waals surface area contributed by atoms with Crippen molar-refractivity contribution in [2.45, 2.75) is 20.0 Å². The summed E-state index contributed by atoms with van der Waals surface area (Å²) in [5.74, 6) is 1.10. The van der Waals surface area contributed by atoms with Gasteiger partial charge in [0, 0.05) is 30.7 Å². The topological polar surface area (TPSA) is 73.9 Å². The van der Waals surface area contributed by atoms with Gasteiger partial charge in [0.25, 0.3) is 0 Å². The summed E-state index contributed by atoms with van der Waals surface area (Å²) in [5, 5.41) is 2.96. The highest BCUT2D eigenvalue weighted by molar-refractivity contribution is 7.09. The lowest BCUT2D eigenvalue weighted by atomic mass is 10.3. The second kappa shape index (κ2) is 5.70. The van der Waals surface area contributed by atoms with Gasteiger partial charge in [-0.05, 0) is 6.92 Å². The van der Waals surface area contributed by atoms with Crippen LogP contribution in [0.15, 0.2) is 17.6 Å². The number of thiazole rings is 1. The summed E-state index contributed by atoms with van der Waals surface area (Å²) in [6.45, 7) is 2.97. The van der Waals surface area contributed by atoms with E-state index in [0.29, 0.717) is 31.3 Å². The summed E-state index contributed by atoms with van der Waals surface area (Å²) in [5.41, 5.74) is 6.61. The first kappa shape index (κ1) is 11.9. The Labute approximate surface area is 104 Å². The van der Waals surface area contributed by atoms with Gasteiger partial charge in [0.1, 0.15) is 12.4 Å². The molecule has 0 radical (unpaired) electrons. The first-order valence-corrected chi connectivity index (χ1v) is 6.24. The minimum absolute atomic E-state index is 0.395. The predicted molar refractivity (Wildman–Crippen MR) is 66.7 cm³/mol. The largest absolute Gasteiger partial charge is 0.384 e. The summed E-state index contributed by atoms with van der Waals surface area (Å²) in [6.07, 6.45) is 2.47. The van der Waals surface area contributed by atoms with Crippen molar-refractivity contribution in [3.8, 4) is 0 Å². The van der Waals surface area contributed by atoms with Crippen molar-refractivity contribution >= 4 is 17.2 Å². The molecular formula is C11H14N4OS. The van der Waals surface area contributed by atoms with Gasteiger partial charge >= 0.3 is 0 Å². The van der Waals surface area contributed by atoms with E-state index in [4.69, 9.17) is 10.5 Å². The van der Waals surface area contributed by atoms with Crippen LogP contribution in [0.5, 0.6) is 0 Å². The van der Waals surface area contributed by atoms with Crippen LogP contribution in [0.3, 0.4) is 0 Å².